The van der Waals surface area contributed by atoms with Crippen molar-refractivity contribution >= 4 is 11.7 Å². The first kappa shape index (κ1) is 17.1. The Hall–Kier alpha value is -1.36. The van der Waals surface area contributed by atoms with Gasteiger partial charge in [-0.3, -0.25) is 9.48 Å². The molecule has 1 aromatic heterocycles. The van der Waals surface area contributed by atoms with Gasteiger partial charge in [0.15, 0.2) is 0 Å². The SMILES string of the molecule is CC(C)Cc1cc(NC(=O)CC23C[C@H]4C[C@@H](CC(O)(C4)C2)C3)n(C)n1. The third-order valence-electron chi connectivity index (χ3n) is 6.50. The minimum Gasteiger partial charge on any atom is -0.390 e. The van der Waals surface area contributed by atoms with E-state index in [0.717, 1.165) is 50.0 Å². The number of hydrogen-bond acceptors (Lipinski definition) is 3. The topological polar surface area (TPSA) is 67.2 Å². The summed E-state index contributed by atoms with van der Waals surface area (Å²) in [5.41, 5.74) is 0.542. The van der Waals surface area contributed by atoms with Gasteiger partial charge in [0.05, 0.1) is 11.3 Å². The highest BCUT2D eigenvalue weighted by Crippen LogP contribution is 2.62. The van der Waals surface area contributed by atoms with Gasteiger partial charge >= 0.3 is 0 Å². The smallest absolute Gasteiger partial charge is 0.226 e. The molecule has 2 atom stereocenters. The molecule has 1 amide bonds. The van der Waals surface area contributed by atoms with Gasteiger partial charge in [0.1, 0.15) is 5.82 Å². The molecule has 0 radical (unpaired) electrons. The molecule has 5 rings (SSSR count). The van der Waals surface area contributed by atoms with E-state index in [1.54, 1.807) is 4.68 Å². The highest BCUT2D eigenvalue weighted by molar-refractivity contribution is 5.90. The number of nitrogens with zero attached hydrogens (tertiary/aromatic N) is 2. The molecule has 1 aromatic rings. The van der Waals surface area contributed by atoms with Crippen LogP contribution in [0.25, 0.3) is 0 Å². The van der Waals surface area contributed by atoms with Crippen molar-refractivity contribution in [3.05, 3.63) is 11.8 Å². The Bertz CT molecular complexity index is 664. The number of hydrogen-bond donors (Lipinski definition) is 2. The number of amides is 1. The number of aromatic nitrogens is 2. The zero-order valence-electron chi connectivity index (χ0n) is 15.7. The van der Waals surface area contributed by atoms with Crippen LogP contribution in [0.5, 0.6) is 0 Å². The van der Waals surface area contributed by atoms with Crippen molar-refractivity contribution in [1.29, 1.82) is 0 Å². The van der Waals surface area contributed by atoms with Crippen LogP contribution < -0.4 is 5.32 Å². The van der Waals surface area contributed by atoms with Crippen molar-refractivity contribution in [3.8, 4) is 0 Å². The highest BCUT2D eigenvalue weighted by atomic mass is 16.3. The number of carbonyl (C=O) groups excluding carboxylic acids is 1. The second-order valence-corrected chi connectivity index (χ2v) is 9.65. The van der Waals surface area contributed by atoms with E-state index >= 15 is 0 Å². The summed E-state index contributed by atoms with van der Waals surface area (Å²) in [6, 6.07) is 1.99. The lowest BCUT2D eigenvalue weighted by Gasteiger charge is -2.60. The number of aliphatic hydroxyl groups is 1. The third-order valence-corrected chi connectivity index (χ3v) is 6.50. The van der Waals surface area contributed by atoms with Gasteiger partial charge in [0.2, 0.25) is 5.91 Å². The van der Waals surface area contributed by atoms with Crippen molar-refractivity contribution in [2.45, 2.75) is 70.8 Å². The van der Waals surface area contributed by atoms with E-state index in [4.69, 9.17) is 0 Å². The molecule has 0 saturated heterocycles. The van der Waals surface area contributed by atoms with Crippen LogP contribution in [0.1, 0.15) is 64.5 Å². The van der Waals surface area contributed by atoms with Crippen LogP contribution in [-0.4, -0.2) is 26.4 Å². The molecule has 25 heavy (non-hydrogen) atoms. The first-order chi connectivity index (χ1) is 11.7. The Labute approximate surface area is 150 Å². The molecule has 4 aliphatic rings. The fourth-order valence-electron chi connectivity index (χ4n) is 6.30. The van der Waals surface area contributed by atoms with Crippen molar-refractivity contribution < 1.29 is 9.90 Å². The highest BCUT2D eigenvalue weighted by Gasteiger charge is 2.57. The maximum absolute atomic E-state index is 12.8. The Morgan fingerprint density at radius 2 is 2.04 bits per heavy atom. The van der Waals surface area contributed by atoms with Gasteiger partial charge in [-0.1, -0.05) is 13.8 Å². The lowest BCUT2D eigenvalue weighted by Crippen LogP contribution is -2.56. The van der Waals surface area contributed by atoms with Gasteiger partial charge in [0.25, 0.3) is 0 Å². The van der Waals surface area contributed by atoms with E-state index in [-0.39, 0.29) is 11.3 Å². The molecule has 1 heterocycles. The Balaban J connectivity index is 1.44. The molecule has 0 aromatic carbocycles. The summed E-state index contributed by atoms with van der Waals surface area (Å²) in [6.07, 6.45) is 7.65. The van der Waals surface area contributed by atoms with Crippen molar-refractivity contribution in [1.82, 2.24) is 9.78 Å². The quantitative estimate of drug-likeness (QED) is 0.860. The normalized spacial score (nSPS) is 36.2. The molecular weight excluding hydrogens is 314 g/mol. The summed E-state index contributed by atoms with van der Waals surface area (Å²) in [4.78, 5) is 12.8. The second kappa shape index (κ2) is 5.83. The van der Waals surface area contributed by atoms with E-state index in [9.17, 15) is 9.90 Å². The molecule has 0 unspecified atom stereocenters. The van der Waals surface area contributed by atoms with Crippen LogP contribution in [0.3, 0.4) is 0 Å². The summed E-state index contributed by atoms with van der Waals surface area (Å²) in [7, 11) is 1.88. The second-order valence-electron chi connectivity index (χ2n) is 9.65. The van der Waals surface area contributed by atoms with Crippen LogP contribution in [0.15, 0.2) is 6.07 Å². The summed E-state index contributed by atoms with van der Waals surface area (Å²) >= 11 is 0. The summed E-state index contributed by atoms with van der Waals surface area (Å²) in [5.74, 6) is 2.64. The molecule has 138 valence electrons. The molecule has 4 aliphatic carbocycles. The molecule has 4 fully saturated rings. The van der Waals surface area contributed by atoms with Gasteiger partial charge in [-0.05, 0) is 68.1 Å². The maximum Gasteiger partial charge on any atom is 0.226 e. The lowest BCUT2D eigenvalue weighted by atomic mass is 9.47. The molecule has 4 saturated carbocycles. The minimum absolute atomic E-state index is 0.0161. The van der Waals surface area contributed by atoms with E-state index in [0.29, 0.717) is 24.2 Å². The largest absolute Gasteiger partial charge is 0.390 e. The van der Waals surface area contributed by atoms with Crippen LogP contribution in [0, 0.1) is 23.2 Å². The van der Waals surface area contributed by atoms with Gasteiger partial charge in [-0.2, -0.15) is 5.10 Å². The number of carbonyl (C=O) groups is 1. The fourth-order valence-corrected chi connectivity index (χ4v) is 6.30. The van der Waals surface area contributed by atoms with Crippen LogP contribution in [-0.2, 0) is 18.3 Å². The molecule has 0 spiro atoms. The molecule has 5 heteroatoms. The fraction of sp³-hybridized carbons (Fsp3) is 0.800. The van der Waals surface area contributed by atoms with E-state index in [1.807, 2.05) is 13.1 Å². The minimum atomic E-state index is -0.499. The first-order valence-corrected chi connectivity index (χ1v) is 9.79. The van der Waals surface area contributed by atoms with E-state index in [2.05, 4.69) is 24.3 Å². The monoisotopic (exact) mass is 345 g/mol. The average Bonchev–Trinajstić information content (AvgIpc) is 2.73. The van der Waals surface area contributed by atoms with Gasteiger partial charge in [0, 0.05) is 19.5 Å². The molecule has 5 nitrogen and oxygen atoms in total. The number of anilines is 1. The maximum atomic E-state index is 12.8. The molecule has 2 N–H and O–H groups in total. The number of rotatable bonds is 5. The van der Waals surface area contributed by atoms with E-state index in [1.165, 1.54) is 6.42 Å². The molecule has 0 aliphatic heterocycles. The Kier molecular flexibility index (Phi) is 3.98. The van der Waals surface area contributed by atoms with Gasteiger partial charge in [-0.25, -0.2) is 0 Å². The summed E-state index contributed by atoms with van der Waals surface area (Å²) in [6.45, 7) is 4.34. The van der Waals surface area contributed by atoms with Crippen LogP contribution >= 0.6 is 0 Å². The van der Waals surface area contributed by atoms with Crippen molar-refractivity contribution in [3.63, 3.8) is 0 Å². The van der Waals surface area contributed by atoms with Crippen molar-refractivity contribution in [2.75, 3.05) is 5.32 Å². The predicted molar refractivity (Wildman–Crippen MR) is 97.1 cm³/mol. The van der Waals surface area contributed by atoms with Crippen molar-refractivity contribution in [2.24, 2.45) is 30.2 Å². The van der Waals surface area contributed by atoms with E-state index < -0.39 is 5.60 Å². The zero-order chi connectivity index (χ0) is 17.8. The third kappa shape index (κ3) is 3.35. The first-order valence-electron chi connectivity index (χ1n) is 9.79. The van der Waals surface area contributed by atoms with Gasteiger partial charge in [-0.15, -0.1) is 0 Å². The van der Waals surface area contributed by atoms with Crippen LogP contribution in [0.2, 0.25) is 0 Å². The Morgan fingerprint density at radius 3 is 2.64 bits per heavy atom. The summed E-state index contributed by atoms with van der Waals surface area (Å²) in [5, 5.41) is 18.4. The predicted octanol–water partition coefficient (Wildman–Crippen LogP) is 3.28. The average molecular weight is 345 g/mol. The zero-order valence-corrected chi connectivity index (χ0v) is 15.7. The standard InChI is InChI=1S/C20H31N3O2/c1-13(2)4-16-6-17(23(3)22-16)21-18(24)11-19-7-14-5-15(8-19)10-20(25,9-14)12-19/h6,13-15,25H,4-5,7-12H2,1-3H3,(H,21,24)/t14-,15-,19?,20?/m1/s1. The number of aryl methyl sites for hydroxylation is 1. The van der Waals surface area contributed by atoms with Crippen LogP contribution in [0.4, 0.5) is 5.82 Å². The number of nitrogens with one attached hydrogen (secondary N) is 1. The Morgan fingerprint density at radius 1 is 1.36 bits per heavy atom. The summed E-state index contributed by atoms with van der Waals surface area (Å²) < 4.78 is 1.77. The van der Waals surface area contributed by atoms with Gasteiger partial charge < -0.3 is 10.4 Å². The molecular formula is C20H31N3O2. The lowest BCUT2D eigenvalue weighted by molar-refractivity contribution is -0.167. The molecule has 4 bridgehead atoms.